The molecule has 4 rings (SSSR count). The number of para-hydroxylation sites is 1. The van der Waals surface area contributed by atoms with Crippen LogP contribution in [0.15, 0.2) is 53.4 Å². The number of carbonyl (C=O) groups is 1. The highest BCUT2D eigenvalue weighted by molar-refractivity contribution is 7.89. The van der Waals surface area contributed by atoms with E-state index in [0.29, 0.717) is 25.2 Å². The van der Waals surface area contributed by atoms with Crippen LogP contribution in [-0.4, -0.2) is 69.4 Å². The first-order valence-electron chi connectivity index (χ1n) is 11.2. The van der Waals surface area contributed by atoms with Crippen molar-refractivity contribution in [1.29, 1.82) is 0 Å². The van der Waals surface area contributed by atoms with Gasteiger partial charge in [-0.25, -0.2) is 8.42 Å². The Morgan fingerprint density at radius 3 is 2.34 bits per heavy atom. The van der Waals surface area contributed by atoms with Gasteiger partial charge in [0.15, 0.2) is 0 Å². The molecule has 0 bridgehead atoms. The zero-order valence-electron chi connectivity index (χ0n) is 18.7. The maximum atomic E-state index is 13.4. The number of carbonyl (C=O) groups excluding carboxylic acids is 1. The van der Waals surface area contributed by atoms with E-state index in [-0.39, 0.29) is 22.6 Å². The van der Waals surface area contributed by atoms with Crippen molar-refractivity contribution in [2.75, 3.05) is 44.7 Å². The third-order valence-electron chi connectivity index (χ3n) is 6.43. The van der Waals surface area contributed by atoms with E-state index >= 15 is 0 Å². The maximum absolute atomic E-state index is 13.4. The average molecular weight is 458 g/mol. The highest BCUT2D eigenvalue weighted by Gasteiger charge is 2.34. The van der Waals surface area contributed by atoms with Gasteiger partial charge in [0, 0.05) is 50.0 Å². The first-order valence-corrected chi connectivity index (χ1v) is 12.6. The Kier molecular flexibility index (Phi) is 6.71. The molecular formula is C24H31N3O4S. The normalized spacial score (nSPS) is 20.2. The van der Waals surface area contributed by atoms with Crippen LogP contribution in [0.1, 0.15) is 36.5 Å². The van der Waals surface area contributed by atoms with Gasteiger partial charge in [0.05, 0.1) is 7.11 Å². The van der Waals surface area contributed by atoms with Gasteiger partial charge in [-0.2, -0.15) is 4.31 Å². The fourth-order valence-electron chi connectivity index (χ4n) is 4.56. The monoisotopic (exact) mass is 457 g/mol. The molecule has 0 radical (unpaired) electrons. The number of piperazine rings is 1. The molecule has 2 heterocycles. The predicted molar refractivity (Wildman–Crippen MR) is 125 cm³/mol. The third-order valence-corrected chi connectivity index (χ3v) is 8.46. The van der Waals surface area contributed by atoms with Crippen molar-refractivity contribution in [3.05, 3.63) is 54.1 Å². The molecule has 0 unspecified atom stereocenters. The summed E-state index contributed by atoms with van der Waals surface area (Å²) in [5, 5.41) is 0. The number of sulfonamides is 1. The standard InChI is InChI=1S/C24H31N3O4S/c1-19-8-6-7-13-27(19)32(29,30)23-18-20(11-12-22(23)31-2)24(28)26-16-14-25(15-17-26)21-9-4-3-5-10-21/h3-5,9-12,18-19H,6-8,13-17H2,1-2H3/t19-/m1/s1. The van der Waals surface area contributed by atoms with Crippen LogP contribution >= 0.6 is 0 Å². The first kappa shape index (κ1) is 22.6. The van der Waals surface area contributed by atoms with Crippen molar-refractivity contribution in [3.8, 4) is 5.75 Å². The van der Waals surface area contributed by atoms with Crippen LogP contribution in [0.4, 0.5) is 5.69 Å². The van der Waals surface area contributed by atoms with Gasteiger partial charge >= 0.3 is 0 Å². The number of hydrogen-bond acceptors (Lipinski definition) is 5. The number of piperidine rings is 1. The van der Waals surface area contributed by atoms with Crippen LogP contribution < -0.4 is 9.64 Å². The van der Waals surface area contributed by atoms with Gasteiger partial charge in [0.25, 0.3) is 5.91 Å². The average Bonchev–Trinajstić information content (AvgIpc) is 2.84. The van der Waals surface area contributed by atoms with Crippen LogP contribution in [0, 0.1) is 0 Å². The summed E-state index contributed by atoms with van der Waals surface area (Å²) in [5.74, 6) is 0.122. The lowest BCUT2D eigenvalue weighted by molar-refractivity contribution is 0.0746. The molecular weight excluding hydrogens is 426 g/mol. The molecule has 1 amide bonds. The van der Waals surface area contributed by atoms with Gasteiger partial charge in [0.2, 0.25) is 10.0 Å². The first-order chi connectivity index (χ1) is 15.4. The molecule has 2 fully saturated rings. The largest absolute Gasteiger partial charge is 0.495 e. The molecule has 2 saturated heterocycles. The van der Waals surface area contributed by atoms with E-state index in [1.54, 1.807) is 21.3 Å². The molecule has 32 heavy (non-hydrogen) atoms. The molecule has 2 aromatic rings. The van der Waals surface area contributed by atoms with Gasteiger partial charge in [-0.1, -0.05) is 24.6 Å². The lowest BCUT2D eigenvalue weighted by atomic mass is 10.1. The molecule has 2 aromatic carbocycles. The number of ether oxygens (including phenoxy) is 1. The molecule has 172 valence electrons. The van der Waals surface area contributed by atoms with E-state index in [0.717, 1.165) is 38.0 Å². The van der Waals surface area contributed by atoms with Crippen LogP contribution in [0.3, 0.4) is 0 Å². The second-order valence-corrected chi connectivity index (χ2v) is 10.3. The summed E-state index contributed by atoms with van der Waals surface area (Å²) in [6.45, 7) is 5.08. The number of amides is 1. The van der Waals surface area contributed by atoms with Gasteiger partial charge in [0.1, 0.15) is 10.6 Å². The Bertz CT molecular complexity index is 1050. The Morgan fingerprint density at radius 1 is 0.969 bits per heavy atom. The molecule has 0 N–H and O–H groups in total. The molecule has 2 aliphatic rings. The summed E-state index contributed by atoms with van der Waals surface area (Å²) in [5.41, 5.74) is 1.52. The van der Waals surface area contributed by atoms with E-state index in [4.69, 9.17) is 4.74 Å². The lowest BCUT2D eigenvalue weighted by Gasteiger charge is -2.36. The summed E-state index contributed by atoms with van der Waals surface area (Å²) in [4.78, 5) is 17.3. The smallest absolute Gasteiger partial charge is 0.254 e. The minimum Gasteiger partial charge on any atom is -0.495 e. The quantitative estimate of drug-likeness (QED) is 0.690. The number of anilines is 1. The number of benzene rings is 2. The van der Waals surface area contributed by atoms with Crippen molar-refractivity contribution in [2.24, 2.45) is 0 Å². The van der Waals surface area contributed by atoms with E-state index in [9.17, 15) is 13.2 Å². The highest BCUT2D eigenvalue weighted by Crippen LogP contribution is 2.32. The Balaban J connectivity index is 1.54. The van der Waals surface area contributed by atoms with E-state index in [2.05, 4.69) is 17.0 Å². The molecule has 8 heteroatoms. The summed E-state index contributed by atoms with van der Waals surface area (Å²) in [7, 11) is -2.30. The second kappa shape index (κ2) is 9.50. The van der Waals surface area contributed by atoms with Gasteiger partial charge in [-0.15, -0.1) is 0 Å². The van der Waals surface area contributed by atoms with Crippen LogP contribution in [-0.2, 0) is 10.0 Å². The van der Waals surface area contributed by atoms with Crippen molar-refractivity contribution >= 4 is 21.6 Å². The molecule has 0 saturated carbocycles. The summed E-state index contributed by atoms with van der Waals surface area (Å²) >= 11 is 0. The van der Waals surface area contributed by atoms with Gasteiger partial charge in [-0.05, 0) is 50.1 Å². The number of rotatable bonds is 5. The molecule has 0 aromatic heterocycles. The minimum atomic E-state index is -3.76. The number of methoxy groups -OCH3 is 1. The zero-order chi connectivity index (χ0) is 22.7. The third kappa shape index (κ3) is 4.47. The second-order valence-electron chi connectivity index (χ2n) is 8.44. The maximum Gasteiger partial charge on any atom is 0.254 e. The molecule has 2 aliphatic heterocycles. The SMILES string of the molecule is COc1ccc(C(=O)N2CCN(c3ccccc3)CC2)cc1S(=O)(=O)N1CCCC[C@H]1C. The number of nitrogens with zero attached hydrogens (tertiary/aromatic N) is 3. The molecule has 0 aliphatic carbocycles. The molecule has 1 atom stereocenters. The predicted octanol–water partition coefficient (Wildman–Crippen LogP) is 3.22. The van der Waals surface area contributed by atoms with Crippen molar-refractivity contribution in [1.82, 2.24) is 9.21 Å². The van der Waals surface area contributed by atoms with Crippen LogP contribution in [0.5, 0.6) is 5.75 Å². The highest BCUT2D eigenvalue weighted by atomic mass is 32.2. The van der Waals surface area contributed by atoms with Crippen molar-refractivity contribution in [3.63, 3.8) is 0 Å². The van der Waals surface area contributed by atoms with Crippen LogP contribution in [0.25, 0.3) is 0 Å². The molecule has 7 nitrogen and oxygen atoms in total. The fraction of sp³-hybridized carbons (Fsp3) is 0.458. The summed E-state index contributed by atoms with van der Waals surface area (Å²) in [6, 6.07) is 14.8. The number of hydrogen-bond donors (Lipinski definition) is 0. The summed E-state index contributed by atoms with van der Waals surface area (Å²) in [6.07, 6.45) is 2.71. The molecule has 0 spiro atoms. The van der Waals surface area contributed by atoms with Crippen molar-refractivity contribution < 1.29 is 17.9 Å². The van der Waals surface area contributed by atoms with E-state index < -0.39 is 10.0 Å². The zero-order valence-corrected chi connectivity index (χ0v) is 19.6. The Morgan fingerprint density at radius 2 is 1.69 bits per heavy atom. The lowest BCUT2D eigenvalue weighted by Crippen LogP contribution is -2.48. The van der Waals surface area contributed by atoms with Crippen molar-refractivity contribution in [2.45, 2.75) is 37.1 Å². The minimum absolute atomic E-state index is 0.0659. The summed E-state index contributed by atoms with van der Waals surface area (Å²) < 4.78 is 33.8. The van der Waals surface area contributed by atoms with Gasteiger partial charge in [-0.3, -0.25) is 4.79 Å². The Labute approximate surface area is 190 Å². The van der Waals surface area contributed by atoms with Crippen LogP contribution in [0.2, 0.25) is 0 Å². The van der Waals surface area contributed by atoms with E-state index in [1.165, 1.54) is 13.2 Å². The Hall–Kier alpha value is -2.58. The van der Waals surface area contributed by atoms with E-state index in [1.807, 2.05) is 25.1 Å². The van der Waals surface area contributed by atoms with Gasteiger partial charge < -0.3 is 14.5 Å². The topological polar surface area (TPSA) is 70.2 Å². The fourth-order valence-corrected chi connectivity index (χ4v) is 6.44.